The molecule has 1 amide bonds. The number of likely N-dealkylation sites (tertiary alicyclic amines) is 1. The monoisotopic (exact) mass is 284 g/mol. The van der Waals surface area contributed by atoms with Gasteiger partial charge in [-0.15, -0.1) is 0 Å². The summed E-state index contributed by atoms with van der Waals surface area (Å²) in [7, 11) is 0. The lowest BCUT2D eigenvalue weighted by molar-refractivity contribution is -0.132. The van der Waals surface area contributed by atoms with Crippen LogP contribution in [-0.2, 0) is 11.2 Å². The molecule has 3 heteroatoms. The van der Waals surface area contributed by atoms with Gasteiger partial charge in [0.15, 0.2) is 0 Å². The second-order valence-corrected chi connectivity index (χ2v) is 6.30. The van der Waals surface area contributed by atoms with E-state index in [-0.39, 0.29) is 0 Å². The number of aromatic nitrogens is 1. The van der Waals surface area contributed by atoms with Gasteiger partial charge in [-0.05, 0) is 43.2 Å². The van der Waals surface area contributed by atoms with Crippen molar-refractivity contribution in [3.8, 4) is 0 Å². The Balaban J connectivity index is 1.52. The molecular formula is C18H24N2O. The van der Waals surface area contributed by atoms with Crippen LogP contribution in [0.15, 0.2) is 30.5 Å². The van der Waals surface area contributed by atoms with E-state index in [0.29, 0.717) is 18.2 Å². The first-order valence-electron chi connectivity index (χ1n) is 8.07. The number of rotatable bonds is 4. The lowest BCUT2D eigenvalue weighted by Gasteiger charge is -2.31. The fourth-order valence-corrected chi connectivity index (χ4v) is 3.34. The van der Waals surface area contributed by atoms with Gasteiger partial charge in [0, 0.05) is 36.6 Å². The first-order valence-corrected chi connectivity index (χ1v) is 8.07. The summed E-state index contributed by atoms with van der Waals surface area (Å²) < 4.78 is 0. The van der Waals surface area contributed by atoms with E-state index >= 15 is 0 Å². The van der Waals surface area contributed by atoms with E-state index in [4.69, 9.17) is 0 Å². The number of aromatic amines is 1. The molecule has 0 bridgehead atoms. The first kappa shape index (κ1) is 14.2. The molecule has 0 saturated carbocycles. The Bertz CT molecular complexity index is 616. The summed E-state index contributed by atoms with van der Waals surface area (Å²) in [4.78, 5) is 17.6. The van der Waals surface area contributed by atoms with Crippen molar-refractivity contribution in [2.75, 3.05) is 13.1 Å². The van der Waals surface area contributed by atoms with Crippen molar-refractivity contribution in [1.82, 2.24) is 9.88 Å². The van der Waals surface area contributed by atoms with Crippen molar-refractivity contribution in [1.29, 1.82) is 0 Å². The van der Waals surface area contributed by atoms with Crippen LogP contribution in [-0.4, -0.2) is 28.9 Å². The Morgan fingerprint density at radius 2 is 2.24 bits per heavy atom. The van der Waals surface area contributed by atoms with E-state index in [1.165, 1.54) is 22.9 Å². The Morgan fingerprint density at radius 1 is 1.38 bits per heavy atom. The maximum atomic E-state index is 12.3. The third-order valence-corrected chi connectivity index (χ3v) is 4.52. The zero-order valence-electron chi connectivity index (χ0n) is 12.8. The number of benzene rings is 1. The van der Waals surface area contributed by atoms with Crippen molar-refractivity contribution < 1.29 is 4.79 Å². The lowest BCUT2D eigenvalue weighted by atomic mass is 9.99. The van der Waals surface area contributed by atoms with E-state index in [2.05, 4.69) is 41.2 Å². The fraction of sp³-hybridized carbons (Fsp3) is 0.500. The molecule has 1 aromatic carbocycles. The smallest absolute Gasteiger partial charge is 0.222 e. The largest absolute Gasteiger partial charge is 0.361 e. The lowest BCUT2D eigenvalue weighted by Crippen LogP contribution is -2.38. The number of nitrogens with one attached hydrogen (secondary N) is 1. The molecule has 21 heavy (non-hydrogen) atoms. The van der Waals surface area contributed by atoms with Gasteiger partial charge in [0.1, 0.15) is 0 Å². The number of para-hydroxylation sites is 1. The fourth-order valence-electron chi connectivity index (χ4n) is 3.34. The summed E-state index contributed by atoms with van der Waals surface area (Å²) in [6.07, 6.45) is 7.09. The van der Waals surface area contributed by atoms with Gasteiger partial charge in [0.2, 0.25) is 5.91 Å². The summed E-state index contributed by atoms with van der Waals surface area (Å²) in [6, 6.07) is 8.36. The van der Waals surface area contributed by atoms with Crippen LogP contribution >= 0.6 is 0 Å². The average molecular weight is 284 g/mol. The molecule has 1 N–H and O–H groups in total. The highest BCUT2D eigenvalue weighted by molar-refractivity contribution is 5.83. The molecule has 1 atom stereocenters. The number of H-pyrrole nitrogens is 1. The summed E-state index contributed by atoms with van der Waals surface area (Å²) >= 11 is 0. The highest BCUT2D eigenvalue weighted by Crippen LogP contribution is 2.20. The van der Waals surface area contributed by atoms with Crippen molar-refractivity contribution in [3.63, 3.8) is 0 Å². The highest BCUT2D eigenvalue weighted by Gasteiger charge is 2.20. The van der Waals surface area contributed by atoms with Gasteiger partial charge < -0.3 is 9.88 Å². The Labute approximate surface area is 126 Å². The van der Waals surface area contributed by atoms with Crippen LogP contribution in [0, 0.1) is 5.92 Å². The zero-order valence-corrected chi connectivity index (χ0v) is 12.8. The maximum absolute atomic E-state index is 12.3. The minimum atomic E-state index is 0.335. The number of piperidine rings is 1. The molecule has 2 aromatic rings. The summed E-state index contributed by atoms with van der Waals surface area (Å²) in [5.74, 6) is 0.998. The third-order valence-electron chi connectivity index (χ3n) is 4.52. The van der Waals surface area contributed by atoms with E-state index in [0.717, 1.165) is 32.4 Å². The van der Waals surface area contributed by atoms with Gasteiger partial charge in [0.05, 0.1) is 0 Å². The molecule has 0 aliphatic carbocycles. The highest BCUT2D eigenvalue weighted by atomic mass is 16.2. The van der Waals surface area contributed by atoms with Crippen LogP contribution in [0.2, 0.25) is 0 Å². The predicted octanol–water partition coefficient (Wildman–Crippen LogP) is 3.75. The number of aryl methyl sites for hydroxylation is 1. The van der Waals surface area contributed by atoms with Crippen LogP contribution in [0.3, 0.4) is 0 Å². The number of nitrogens with zero attached hydrogens (tertiary/aromatic N) is 1. The first-order chi connectivity index (χ1) is 10.2. The van der Waals surface area contributed by atoms with E-state index in [1.807, 2.05) is 6.07 Å². The predicted molar refractivity (Wildman–Crippen MR) is 86.2 cm³/mol. The Hall–Kier alpha value is -1.77. The van der Waals surface area contributed by atoms with Crippen LogP contribution in [0.4, 0.5) is 0 Å². The molecule has 1 aromatic heterocycles. The van der Waals surface area contributed by atoms with Crippen LogP contribution < -0.4 is 0 Å². The second kappa shape index (κ2) is 6.33. The van der Waals surface area contributed by atoms with Crippen molar-refractivity contribution in [2.45, 2.75) is 39.0 Å². The normalized spacial score (nSPS) is 19.1. The van der Waals surface area contributed by atoms with Gasteiger partial charge in [-0.2, -0.15) is 0 Å². The molecule has 3 nitrogen and oxygen atoms in total. The molecule has 3 rings (SSSR count). The third kappa shape index (κ3) is 3.29. The van der Waals surface area contributed by atoms with Crippen molar-refractivity contribution >= 4 is 16.8 Å². The van der Waals surface area contributed by atoms with Crippen molar-refractivity contribution in [2.24, 2.45) is 5.92 Å². The average Bonchev–Trinajstić information content (AvgIpc) is 2.91. The molecule has 1 fully saturated rings. The molecule has 1 aliphatic rings. The van der Waals surface area contributed by atoms with Gasteiger partial charge in [0.25, 0.3) is 0 Å². The maximum Gasteiger partial charge on any atom is 0.222 e. The molecule has 0 radical (unpaired) electrons. The molecule has 0 spiro atoms. The van der Waals surface area contributed by atoms with E-state index in [9.17, 15) is 4.79 Å². The second-order valence-electron chi connectivity index (χ2n) is 6.30. The molecule has 1 aliphatic heterocycles. The number of fused-ring (bicyclic) bond motifs is 1. The van der Waals surface area contributed by atoms with Gasteiger partial charge >= 0.3 is 0 Å². The van der Waals surface area contributed by atoms with Crippen LogP contribution in [0.5, 0.6) is 0 Å². The van der Waals surface area contributed by atoms with Crippen LogP contribution in [0.1, 0.15) is 38.2 Å². The molecule has 1 saturated heterocycles. The minimum absolute atomic E-state index is 0.335. The SMILES string of the molecule is CC1CCCN(C(=O)CCCc2c[nH]c3ccccc23)C1. The summed E-state index contributed by atoms with van der Waals surface area (Å²) in [6.45, 7) is 4.15. The van der Waals surface area contributed by atoms with Crippen molar-refractivity contribution in [3.05, 3.63) is 36.0 Å². The van der Waals surface area contributed by atoms with Gasteiger partial charge in [-0.1, -0.05) is 25.1 Å². The molecule has 1 unspecified atom stereocenters. The number of carbonyl (C=O) groups is 1. The standard InChI is InChI=1S/C18H24N2O/c1-14-6-5-11-20(13-14)18(21)10-4-7-15-12-19-17-9-3-2-8-16(15)17/h2-3,8-9,12,14,19H,4-7,10-11,13H2,1H3. The zero-order chi connectivity index (χ0) is 14.7. The number of carbonyl (C=O) groups excluding carboxylic acids is 1. The van der Waals surface area contributed by atoms with E-state index < -0.39 is 0 Å². The van der Waals surface area contributed by atoms with Gasteiger partial charge in [-0.3, -0.25) is 4.79 Å². The number of amides is 1. The Morgan fingerprint density at radius 3 is 3.10 bits per heavy atom. The quantitative estimate of drug-likeness (QED) is 0.912. The van der Waals surface area contributed by atoms with Crippen LogP contribution in [0.25, 0.3) is 10.9 Å². The topological polar surface area (TPSA) is 36.1 Å². The Kier molecular flexibility index (Phi) is 4.28. The minimum Gasteiger partial charge on any atom is -0.361 e. The van der Waals surface area contributed by atoms with Gasteiger partial charge in [-0.25, -0.2) is 0 Å². The number of hydrogen-bond acceptors (Lipinski definition) is 1. The van der Waals surface area contributed by atoms with E-state index in [1.54, 1.807) is 0 Å². The molecule has 2 heterocycles. The molecule has 112 valence electrons. The summed E-state index contributed by atoms with van der Waals surface area (Å²) in [5, 5.41) is 1.29. The molecular weight excluding hydrogens is 260 g/mol. The summed E-state index contributed by atoms with van der Waals surface area (Å²) in [5.41, 5.74) is 2.51. The number of hydrogen-bond donors (Lipinski definition) is 1.